The lowest BCUT2D eigenvalue weighted by atomic mass is 9.97. The fraction of sp³-hybridized carbons (Fsp3) is 0.938. The van der Waals surface area contributed by atoms with Crippen LogP contribution in [0.1, 0.15) is 46.0 Å². The lowest BCUT2D eigenvalue weighted by molar-refractivity contribution is -0.144. The molecule has 21 heavy (non-hydrogen) atoms. The Bertz CT molecular complexity index is 342. The number of aliphatic carboxylic acids is 1. The van der Waals surface area contributed by atoms with Gasteiger partial charge in [-0.1, -0.05) is 13.8 Å². The molecule has 0 amide bonds. The van der Waals surface area contributed by atoms with Gasteiger partial charge in [0.1, 0.15) is 5.54 Å². The van der Waals surface area contributed by atoms with Gasteiger partial charge < -0.3 is 15.3 Å². The zero-order valence-corrected chi connectivity index (χ0v) is 13.6. The maximum Gasteiger partial charge on any atom is 0.323 e. The van der Waals surface area contributed by atoms with Crippen molar-refractivity contribution in [3.63, 3.8) is 0 Å². The third-order valence-corrected chi connectivity index (χ3v) is 5.07. The van der Waals surface area contributed by atoms with Crippen LogP contribution in [0.2, 0.25) is 0 Å². The fourth-order valence-corrected chi connectivity index (χ4v) is 3.79. The van der Waals surface area contributed by atoms with Crippen LogP contribution in [0.15, 0.2) is 0 Å². The minimum Gasteiger partial charge on any atom is -0.480 e. The van der Waals surface area contributed by atoms with Crippen molar-refractivity contribution in [2.45, 2.75) is 57.5 Å². The van der Waals surface area contributed by atoms with Crippen molar-refractivity contribution < 1.29 is 9.90 Å². The summed E-state index contributed by atoms with van der Waals surface area (Å²) < 4.78 is 0. The summed E-state index contributed by atoms with van der Waals surface area (Å²) in [5.74, 6) is -0.664. The number of hydrogen-bond acceptors (Lipinski definition) is 4. The highest BCUT2D eigenvalue weighted by Crippen LogP contribution is 2.34. The van der Waals surface area contributed by atoms with E-state index < -0.39 is 11.5 Å². The largest absolute Gasteiger partial charge is 0.480 e. The monoisotopic (exact) mass is 297 g/mol. The molecule has 1 saturated heterocycles. The summed E-state index contributed by atoms with van der Waals surface area (Å²) in [5.41, 5.74) is -0.679. The van der Waals surface area contributed by atoms with Crippen molar-refractivity contribution in [1.29, 1.82) is 0 Å². The molecule has 0 aromatic heterocycles. The summed E-state index contributed by atoms with van der Waals surface area (Å²) in [7, 11) is 0. The summed E-state index contributed by atoms with van der Waals surface area (Å²) >= 11 is 0. The third-order valence-electron chi connectivity index (χ3n) is 5.07. The first-order valence-electron chi connectivity index (χ1n) is 8.56. The van der Waals surface area contributed by atoms with Gasteiger partial charge in [-0.3, -0.25) is 9.69 Å². The Kier molecular flexibility index (Phi) is 6.02. The molecule has 0 aromatic carbocycles. The van der Waals surface area contributed by atoms with Crippen LogP contribution in [0.4, 0.5) is 0 Å². The van der Waals surface area contributed by atoms with Gasteiger partial charge in [0.2, 0.25) is 0 Å². The predicted molar refractivity (Wildman–Crippen MR) is 84.6 cm³/mol. The Labute approximate surface area is 128 Å². The second kappa shape index (κ2) is 7.56. The molecule has 1 aliphatic heterocycles. The lowest BCUT2D eigenvalue weighted by Gasteiger charge is -2.38. The summed E-state index contributed by atoms with van der Waals surface area (Å²) in [4.78, 5) is 16.7. The number of hydrogen-bond donors (Lipinski definition) is 2. The van der Waals surface area contributed by atoms with Gasteiger partial charge in [0.25, 0.3) is 0 Å². The number of nitrogens with one attached hydrogen (secondary N) is 1. The van der Waals surface area contributed by atoms with E-state index in [1.165, 1.54) is 13.0 Å². The Balaban J connectivity index is 1.88. The van der Waals surface area contributed by atoms with E-state index in [-0.39, 0.29) is 0 Å². The van der Waals surface area contributed by atoms with E-state index in [0.29, 0.717) is 6.04 Å². The van der Waals surface area contributed by atoms with E-state index in [1.54, 1.807) is 0 Å². The van der Waals surface area contributed by atoms with Crippen LogP contribution in [0.25, 0.3) is 0 Å². The molecule has 5 nitrogen and oxygen atoms in total. The molecule has 122 valence electrons. The molecule has 2 rings (SSSR count). The number of piperazine rings is 1. The summed E-state index contributed by atoms with van der Waals surface area (Å²) in [6.07, 6.45) is 4.73. The van der Waals surface area contributed by atoms with Crippen molar-refractivity contribution in [3.05, 3.63) is 0 Å². The van der Waals surface area contributed by atoms with Crippen molar-refractivity contribution >= 4 is 5.97 Å². The van der Waals surface area contributed by atoms with Gasteiger partial charge in [-0.05, 0) is 45.2 Å². The van der Waals surface area contributed by atoms with Crippen LogP contribution in [0, 0.1) is 0 Å². The molecule has 0 aromatic rings. The van der Waals surface area contributed by atoms with Gasteiger partial charge in [0.05, 0.1) is 0 Å². The Hall–Kier alpha value is -0.650. The highest BCUT2D eigenvalue weighted by Gasteiger charge is 2.46. The van der Waals surface area contributed by atoms with Gasteiger partial charge in [-0.15, -0.1) is 0 Å². The maximum absolute atomic E-state index is 11.7. The predicted octanol–water partition coefficient (Wildman–Crippen LogP) is 1.39. The standard InChI is InChI=1S/C16H31N3O2/c1-3-7-17-16(15(20)21)6-5-14(13-16)19-11-9-18(8-4-2)10-12-19/h14,17H,3-13H2,1-2H3,(H,20,21). The Morgan fingerprint density at radius 2 is 1.95 bits per heavy atom. The normalized spacial score (nSPS) is 31.6. The first-order chi connectivity index (χ1) is 10.1. The van der Waals surface area contributed by atoms with E-state index in [4.69, 9.17) is 0 Å². The van der Waals surface area contributed by atoms with Gasteiger partial charge in [-0.2, -0.15) is 0 Å². The summed E-state index contributed by atoms with van der Waals surface area (Å²) in [6.45, 7) is 10.7. The minimum absolute atomic E-state index is 0.439. The van der Waals surface area contributed by atoms with Crippen LogP contribution < -0.4 is 5.32 Å². The highest BCUT2D eigenvalue weighted by molar-refractivity contribution is 5.79. The van der Waals surface area contributed by atoms with Crippen molar-refractivity contribution in [1.82, 2.24) is 15.1 Å². The fourth-order valence-electron chi connectivity index (χ4n) is 3.79. The van der Waals surface area contributed by atoms with E-state index in [9.17, 15) is 9.90 Å². The average Bonchev–Trinajstić information content (AvgIpc) is 2.92. The van der Waals surface area contributed by atoms with Gasteiger partial charge in [-0.25, -0.2) is 0 Å². The Morgan fingerprint density at radius 3 is 2.52 bits per heavy atom. The average molecular weight is 297 g/mol. The van der Waals surface area contributed by atoms with E-state index in [2.05, 4.69) is 29.0 Å². The number of nitrogens with zero attached hydrogens (tertiary/aromatic N) is 2. The summed E-state index contributed by atoms with van der Waals surface area (Å²) in [6, 6.07) is 0.439. The molecule has 2 aliphatic rings. The van der Waals surface area contributed by atoms with Crippen molar-refractivity contribution in [2.75, 3.05) is 39.3 Å². The number of carbonyl (C=O) groups is 1. The third kappa shape index (κ3) is 3.96. The van der Waals surface area contributed by atoms with Crippen LogP contribution >= 0.6 is 0 Å². The number of carboxylic acid groups (broad SMARTS) is 1. The zero-order chi connectivity index (χ0) is 15.3. The second-order valence-electron chi connectivity index (χ2n) is 6.59. The van der Waals surface area contributed by atoms with E-state index in [0.717, 1.165) is 58.4 Å². The smallest absolute Gasteiger partial charge is 0.323 e. The van der Waals surface area contributed by atoms with Crippen LogP contribution in [-0.4, -0.2) is 71.7 Å². The van der Waals surface area contributed by atoms with E-state index in [1.807, 2.05) is 0 Å². The van der Waals surface area contributed by atoms with Gasteiger partial charge in [0, 0.05) is 32.2 Å². The zero-order valence-electron chi connectivity index (χ0n) is 13.6. The molecule has 1 saturated carbocycles. The SMILES string of the molecule is CCCNC1(C(=O)O)CCC(N2CCN(CCC)CC2)C1. The molecule has 0 bridgehead atoms. The molecule has 5 heteroatoms. The molecule has 2 fully saturated rings. The molecular formula is C16H31N3O2. The van der Waals surface area contributed by atoms with Crippen LogP contribution in [0.5, 0.6) is 0 Å². The molecule has 0 spiro atoms. The topological polar surface area (TPSA) is 55.8 Å². The first-order valence-corrected chi connectivity index (χ1v) is 8.56. The quantitative estimate of drug-likeness (QED) is 0.744. The molecule has 2 unspecified atom stereocenters. The molecule has 1 aliphatic carbocycles. The molecule has 2 atom stereocenters. The first kappa shape index (κ1) is 16.7. The number of carboxylic acids is 1. The second-order valence-corrected chi connectivity index (χ2v) is 6.59. The van der Waals surface area contributed by atoms with Crippen LogP contribution in [0.3, 0.4) is 0 Å². The minimum atomic E-state index is -0.679. The molecule has 1 heterocycles. The lowest BCUT2D eigenvalue weighted by Crippen LogP contribution is -2.53. The molecule has 2 N–H and O–H groups in total. The Morgan fingerprint density at radius 1 is 1.24 bits per heavy atom. The summed E-state index contributed by atoms with van der Waals surface area (Å²) in [5, 5.41) is 12.9. The van der Waals surface area contributed by atoms with E-state index >= 15 is 0 Å². The maximum atomic E-state index is 11.7. The van der Waals surface area contributed by atoms with Crippen molar-refractivity contribution in [2.24, 2.45) is 0 Å². The molecule has 0 radical (unpaired) electrons. The van der Waals surface area contributed by atoms with Gasteiger partial charge >= 0.3 is 5.97 Å². The molecular weight excluding hydrogens is 266 g/mol. The van der Waals surface area contributed by atoms with Crippen LogP contribution in [-0.2, 0) is 4.79 Å². The van der Waals surface area contributed by atoms with Gasteiger partial charge in [0.15, 0.2) is 0 Å². The van der Waals surface area contributed by atoms with Crippen molar-refractivity contribution in [3.8, 4) is 0 Å². The number of rotatable bonds is 7. The highest BCUT2D eigenvalue weighted by atomic mass is 16.4.